The number of likely N-dealkylation sites (N-methyl/N-ethyl adjacent to an activating group) is 1. The Morgan fingerprint density at radius 1 is 1.45 bits per heavy atom. The molecule has 0 spiro atoms. The number of piperidine rings is 1. The molecule has 6 nitrogen and oxygen atoms in total. The molecular formula is C16H25N5O. The summed E-state index contributed by atoms with van der Waals surface area (Å²) in [6.45, 7) is 5.23. The number of carbonyl (C=O) groups excluding carboxylic acids is 1. The van der Waals surface area contributed by atoms with Gasteiger partial charge >= 0.3 is 0 Å². The van der Waals surface area contributed by atoms with E-state index in [1.54, 1.807) is 6.20 Å². The minimum absolute atomic E-state index is 0.238. The first-order valence-electron chi connectivity index (χ1n) is 8.33. The van der Waals surface area contributed by atoms with Crippen LogP contribution in [-0.4, -0.2) is 59.3 Å². The van der Waals surface area contributed by atoms with E-state index in [9.17, 15) is 4.79 Å². The van der Waals surface area contributed by atoms with Crippen molar-refractivity contribution in [3.8, 4) is 0 Å². The molecule has 1 N–H and O–H groups in total. The summed E-state index contributed by atoms with van der Waals surface area (Å²) in [7, 11) is 0. The van der Waals surface area contributed by atoms with Gasteiger partial charge in [-0.25, -0.2) is 0 Å². The number of anilines is 1. The smallest absolute Gasteiger partial charge is 0.236 e. The number of nitrogens with zero attached hydrogens (tertiary/aromatic N) is 4. The Morgan fingerprint density at radius 3 is 3.00 bits per heavy atom. The highest BCUT2D eigenvalue weighted by Crippen LogP contribution is 2.26. The minimum atomic E-state index is 0.238. The average Bonchev–Trinajstić information content (AvgIpc) is 3.40. The fraction of sp³-hybridized carbons (Fsp3) is 0.688. The summed E-state index contributed by atoms with van der Waals surface area (Å²) >= 11 is 0. The second-order valence-corrected chi connectivity index (χ2v) is 6.16. The van der Waals surface area contributed by atoms with E-state index in [0.717, 1.165) is 38.3 Å². The molecule has 1 saturated heterocycles. The van der Waals surface area contributed by atoms with Crippen molar-refractivity contribution in [2.24, 2.45) is 0 Å². The SMILES string of the molecule is CCN(C(=O)CN[C@H]1CCCN(c2cccnn2)C1)C1CC1. The van der Waals surface area contributed by atoms with Crippen LogP contribution in [0.3, 0.4) is 0 Å². The number of carbonyl (C=O) groups is 1. The Hall–Kier alpha value is -1.69. The Bertz CT molecular complexity index is 491. The number of aromatic nitrogens is 2. The first-order valence-corrected chi connectivity index (χ1v) is 8.33. The molecular weight excluding hydrogens is 278 g/mol. The molecule has 1 aliphatic carbocycles. The highest BCUT2D eigenvalue weighted by molar-refractivity contribution is 5.79. The summed E-state index contributed by atoms with van der Waals surface area (Å²) < 4.78 is 0. The fourth-order valence-electron chi connectivity index (χ4n) is 3.17. The second-order valence-electron chi connectivity index (χ2n) is 6.16. The lowest BCUT2D eigenvalue weighted by molar-refractivity contribution is -0.130. The Kier molecular flexibility index (Phi) is 4.87. The van der Waals surface area contributed by atoms with E-state index in [1.165, 1.54) is 12.8 Å². The van der Waals surface area contributed by atoms with E-state index in [4.69, 9.17) is 0 Å². The molecule has 2 aliphatic rings. The van der Waals surface area contributed by atoms with Crippen molar-refractivity contribution in [1.29, 1.82) is 0 Å². The lowest BCUT2D eigenvalue weighted by Crippen LogP contribution is -2.49. The maximum atomic E-state index is 12.3. The highest BCUT2D eigenvalue weighted by atomic mass is 16.2. The Balaban J connectivity index is 1.49. The summed E-state index contributed by atoms with van der Waals surface area (Å²) in [6.07, 6.45) is 6.26. The molecule has 1 amide bonds. The Morgan fingerprint density at radius 2 is 2.32 bits per heavy atom. The lowest BCUT2D eigenvalue weighted by Gasteiger charge is -2.34. The standard InChI is InChI=1S/C16H25N5O/c1-2-21(14-7-8-14)16(22)11-17-13-5-4-10-20(12-13)15-6-3-9-18-19-15/h3,6,9,13-14,17H,2,4-5,7-8,10-12H2,1H3/t13-/m0/s1. The Labute approximate surface area is 131 Å². The molecule has 0 bridgehead atoms. The zero-order valence-electron chi connectivity index (χ0n) is 13.2. The van der Waals surface area contributed by atoms with Crippen LogP contribution in [-0.2, 0) is 4.79 Å². The predicted molar refractivity (Wildman–Crippen MR) is 85.7 cm³/mol. The highest BCUT2D eigenvalue weighted by Gasteiger charge is 2.31. The molecule has 0 radical (unpaired) electrons. The summed E-state index contributed by atoms with van der Waals surface area (Å²) in [5.74, 6) is 1.16. The van der Waals surface area contributed by atoms with Crippen molar-refractivity contribution < 1.29 is 4.79 Å². The van der Waals surface area contributed by atoms with Gasteiger partial charge in [0.25, 0.3) is 0 Å². The van der Waals surface area contributed by atoms with E-state index >= 15 is 0 Å². The number of rotatable bonds is 6. The van der Waals surface area contributed by atoms with Gasteiger partial charge in [0.15, 0.2) is 5.82 Å². The van der Waals surface area contributed by atoms with Crippen molar-refractivity contribution in [3.05, 3.63) is 18.3 Å². The predicted octanol–water partition coefficient (Wildman–Crippen LogP) is 1.05. The zero-order chi connectivity index (χ0) is 15.4. The molecule has 0 aromatic carbocycles. The van der Waals surface area contributed by atoms with Crippen molar-refractivity contribution >= 4 is 11.7 Å². The third kappa shape index (κ3) is 3.74. The number of hydrogen-bond acceptors (Lipinski definition) is 5. The quantitative estimate of drug-likeness (QED) is 0.851. The first-order chi connectivity index (χ1) is 10.8. The first kappa shape index (κ1) is 15.2. The lowest BCUT2D eigenvalue weighted by atomic mass is 10.1. The minimum Gasteiger partial charge on any atom is -0.354 e. The molecule has 2 heterocycles. The third-order valence-electron chi connectivity index (χ3n) is 4.49. The third-order valence-corrected chi connectivity index (χ3v) is 4.49. The zero-order valence-corrected chi connectivity index (χ0v) is 13.2. The topological polar surface area (TPSA) is 61.4 Å². The summed E-state index contributed by atoms with van der Waals surface area (Å²) in [6, 6.07) is 4.75. The number of amides is 1. The van der Waals surface area contributed by atoms with Crippen LogP contribution in [0.4, 0.5) is 5.82 Å². The maximum absolute atomic E-state index is 12.3. The van der Waals surface area contributed by atoms with Gasteiger partial charge in [-0.3, -0.25) is 4.79 Å². The van der Waals surface area contributed by atoms with Gasteiger partial charge in [0.1, 0.15) is 0 Å². The molecule has 1 saturated carbocycles. The van der Waals surface area contributed by atoms with Crippen LogP contribution in [0.25, 0.3) is 0 Å². The largest absolute Gasteiger partial charge is 0.354 e. The van der Waals surface area contributed by atoms with Gasteiger partial charge in [-0.15, -0.1) is 5.10 Å². The summed E-state index contributed by atoms with van der Waals surface area (Å²) in [5.41, 5.74) is 0. The van der Waals surface area contributed by atoms with E-state index in [0.29, 0.717) is 18.6 Å². The number of nitrogens with one attached hydrogen (secondary N) is 1. The van der Waals surface area contributed by atoms with Crippen LogP contribution in [0.2, 0.25) is 0 Å². The fourth-order valence-corrected chi connectivity index (χ4v) is 3.17. The van der Waals surface area contributed by atoms with Crippen LogP contribution in [0, 0.1) is 0 Å². The molecule has 22 heavy (non-hydrogen) atoms. The van der Waals surface area contributed by atoms with Gasteiger partial charge in [-0.1, -0.05) is 0 Å². The summed E-state index contributed by atoms with van der Waals surface area (Å²) in [5, 5.41) is 11.6. The van der Waals surface area contributed by atoms with Gasteiger partial charge in [-0.2, -0.15) is 5.10 Å². The van der Waals surface area contributed by atoms with Crippen molar-refractivity contribution in [3.63, 3.8) is 0 Å². The molecule has 0 unspecified atom stereocenters. The van der Waals surface area contributed by atoms with Crippen molar-refractivity contribution in [2.75, 3.05) is 31.1 Å². The molecule has 120 valence electrons. The molecule has 1 aromatic rings. The van der Waals surface area contributed by atoms with Gasteiger partial charge < -0.3 is 15.1 Å². The van der Waals surface area contributed by atoms with Crippen molar-refractivity contribution in [1.82, 2.24) is 20.4 Å². The van der Waals surface area contributed by atoms with Crippen LogP contribution < -0.4 is 10.2 Å². The molecule has 3 rings (SSSR count). The molecule has 1 aliphatic heterocycles. The van der Waals surface area contributed by atoms with Gasteiger partial charge in [0.05, 0.1) is 6.54 Å². The molecule has 2 fully saturated rings. The molecule has 1 atom stereocenters. The van der Waals surface area contributed by atoms with Crippen LogP contribution >= 0.6 is 0 Å². The van der Waals surface area contributed by atoms with Crippen LogP contribution in [0.5, 0.6) is 0 Å². The molecule has 6 heteroatoms. The molecule has 1 aromatic heterocycles. The normalized spacial score (nSPS) is 21.7. The monoisotopic (exact) mass is 303 g/mol. The van der Waals surface area contributed by atoms with Crippen LogP contribution in [0.15, 0.2) is 18.3 Å². The number of hydrogen-bond donors (Lipinski definition) is 1. The average molecular weight is 303 g/mol. The maximum Gasteiger partial charge on any atom is 0.236 e. The van der Waals surface area contributed by atoms with E-state index in [-0.39, 0.29) is 5.91 Å². The van der Waals surface area contributed by atoms with Crippen molar-refractivity contribution in [2.45, 2.75) is 44.7 Å². The van der Waals surface area contributed by atoms with Gasteiger partial charge in [0, 0.05) is 37.9 Å². The van der Waals surface area contributed by atoms with E-state index < -0.39 is 0 Å². The van der Waals surface area contributed by atoms with Crippen LogP contribution in [0.1, 0.15) is 32.6 Å². The van der Waals surface area contributed by atoms with E-state index in [1.807, 2.05) is 17.0 Å². The summed E-state index contributed by atoms with van der Waals surface area (Å²) in [4.78, 5) is 16.5. The van der Waals surface area contributed by atoms with E-state index in [2.05, 4.69) is 27.3 Å². The van der Waals surface area contributed by atoms with Gasteiger partial charge in [-0.05, 0) is 44.7 Å². The second kappa shape index (κ2) is 7.05. The van der Waals surface area contributed by atoms with Gasteiger partial charge in [0.2, 0.25) is 5.91 Å².